The summed E-state index contributed by atoms with van der Waals surface area (Å²) >= 11 is 1.87. The highest BCUT2D eigenvalue weighted by Gasteiger charge is 2.29. The summed E-state index contributed by atoms with van der Waals surface area (Å²) in [5, 5.41) is 4.48. The molecule has 0 bridgehead atoms. The molecule has 0 aromatic rings. The Morgan fingerprint density at radius 3 is 2.61 bits per heavy atom. The van der Waals surface area contributed by atoms with E-state index in [1.165, 1.54) is 25.0 Å². The van der Waals surface area contributed by atoms with Crippen LogP contribution in [0.25, 0.3) is 0 Å². The first-order valence-electron chi connectivity index (χ1n) is 7.25. The van der Waals surface area contributed by atoms with E-state index >= 15 is 0 Å². The molecule has 3 nitrogen and oxygen atoms in total. The smallest absolute Gasteiger partial charge is 0.156 e. The molecule has 1 aliphatic rings. The van der Waals surface area contributed by atoms with Crippen molar-refractivity contribution in [1.82, 2.24) is 5.32 Å². The third-order valence-corrected chi connectivity index (χ3v) is 5.04. The fourth-order valence-electron chi connectivity index (χ4n) is 1.92. The quantitative estimate of drug-likeness (QED) is 0.688. The Bertz CT molecular complexity index is 252. The van der Waals surface area contributed by atoms with Gasteiger partial charge in [0.05, 0.1) is 6.61 Å². The van der Waals surface area contributed by atoms with Gasteiger partial charge in [-0.15, -0.1) is 0 Å². The van der Waals surface area contributed by atoms with Gasteiger partial charge in [-0.2, -0.15) is 0 Å². The van der Waals surface area contributed by atoms with E-state index < -0.39 is 0 Å². The maximum atomic E-state index is 5.52. The number of aliphatic imine (C=N–C) groups is 1. The Labute approximate surface area is 116 Å². The van der Waals surface area contributed by atoms with Crippen LogP contribution in [0.1, 0.15) is 46.5 Å². The number of hydrogen-bond donors (Lipinski definition) is 1. The summed E-state index contributed by atoms with van der Waals surface area (Å²) in [6, 6.07) is 0. The predicted molar refractivity (Wildman–Crippen MR) is 81.5 cm³/mol. The van der Waals surface area contributed by atoms with E-state index in [1.54, 1.807) is 0 Å². The van der Waals surface area contributed by atoms with Gasteiger partial charge in [-0.1, -0.05) is 39.0 Å². The van der Waals surface area contributed by atoms with Gasteiger partial charge >= 0.3 is 0 Å². The van der Waals surface area contributed by atoms with Crippen LogP contribution >= 0.6 is 11.8 Å². The van der Waals surface area contributed by atoms with E-state index in [4.69, 9.17) is 4.74 Å². The Hall–Kier alpha value is -0.220. The number of hydrogen-bond acceptors (Lipinski definition) is 4. The van der Waals surface area contributed by atoms with Crippen LogP contribution in [-0.4, -0.2) is 37.2 Å². The maximum Gasteiger partial charge on any atom is 0.156 e. The molecule has 18 heavy (non-hydrogen) atoms. The number of ether oxygens (including phenoxy) is 1. The highest BCUT2D eigenvalue weighted by Crippen LogP contribution is 2.34. The Balaban J connectivity index is 2.15. The number of thioether (sulfide) groups is 1. The lowest BCUT2D eigenvalue weighted by Crippen LogP contribution is -2.35. The summed E-state index contributed by atoms with van der Waals surface area (Å²) in [6.07, 6.45) is 4.82. The van der Waals surface area contributed by atoms with E-state index in [0.29, 0.717) is 5.41 Å². The van der Waals surface area contributed by atoms with Crippen LogP contribution in [0.5, 0.6) is 0 Å². The molecule has 1 N–H and O–H groups in total. The lowest BCUT2D eigenvalue weighted by atomic mass is 9.84. The molecule has 0 saturated carbocycles. The van der Waals surface area contributed by atoms with Gasteiger partial charge in [-0.3, -0.25) is 4.99 Å². The fourth-order valence-corrected chi connectivity index (χ4v) is 3.22. The SMILES string of the molecule is CCCCOCCNC1=NCC(CC)(CC)CS1. The Morgan fingerprint density at radius 1 is 1.28 bits per heavy atom. The summed E-state index contributed by atoms with van der Waals surface area (Å²) in [4.78, 5) is 4.67. The molecule has 0 amide bonds. The van der Waals surface area contributed by atoms with Crippen molar-refractivity contribution in [3.8, 4) is 0 Å². The summed E-state index contributed by atoms with van der Waals surface area (Å²) in [6.45, 7) is 10.3. The van der Waals surface area contributed by atoms with Crippen LogP contribution in [0.3, 0.4) is 0 Å². The van der Waals surface area contributed by atoms with Gasteiger partial charge in [-0.05, 0) is 24.7 Å². The molecule has 0 aromatic heterocycles. The zero-order valence-electron chi connectivity index (χ0n) is 12.1. The molecule has 4 heteroatoms. The molecule has 0 atom stereocenters. The summed E-state index contributed by atoms with van der Waals surface area (Å²) in [7, 11) is 0. The highest BCUT2D eigenvalue weighted by atomic mass is 32.2. The molecule has 0 radical (unpaired) electrons. The molecular weight excluding hydrogens is 244 g/mol. The third-order valence-electron chi connectivity index (χ3n) is 3.74. The van der Waals surface area contributed by atoms with Crippen molar-refractivity contribution in [3.05, 3.63) is 0 Å². The first-order valence-corrected chi connectivity index (χ1v) is 8.23. The van der Waals surface area contributed by atoms with Crippen molar-refractivity contribution in [2.45, 2.75) is 46.5 Å². The average molecular weight is 272 g/mol. The van der Waals surface area contributed by atoms with Gasteiger partial charge in [0.1, 0.15) is 0 Å². The summed E-state index contributed by atoms with van der Waals surface area (Å²) < 4.78 is 5.52. The Morgan fingerprint density at radius 2 is 2.06 bits per heavy atom. The minimum atomic E-state index is 0.438. The molecule has 0 fully saturated rings. The lowest BCUT2D eigenvalue weighted by molar-refractivity contribution is 0.136. The van der Waals surface area contributed by atoms with Crippen LogP contribution in [0.15, 0.2) is 4.99 Å². The predicted octanol–water partition coefficient (Wildman–Crippen LogP) is 3.30. The van der Waals surface area contributed by atoms with E-state index in [2.05, 4.69) is 31.1 Å². The van der Waals surface area contributed by atoms with Crippen molar-refractivity contribution in [2.24, 2.45) is 10.4 Å². The van der Waals surface area contributed by atoms with Crippen LogP contribution in [0.2, 0.25) is 0 Å². The summed E-state index contributed by atoms with van der Waals surface area (Å²) in [5.41, 5.74) is 0.438. The van der Waals surface area contributed by atoms with Gasteiger partial charge in [0, 0.05) is 25.4 Å². The molecule has 1 aliphatic heterocycles. The lowest BCUT2D eigenvalue weighted by Gasteiger charge is -2.33. The number of rotatable bonds is 8. The molecule has 0 saturated heterocycles. The first kappa shape index (κ1) is 15.8. The molecule has 0 aromatic carbocycles. The number of nitrogens with zero attached hydrogens (tertiary/aromatic N) is 1. The van der Waals surface area contributed by atoms with E-state index in [0.717, 1.165) is 37.9 Å². The van der Waals surface area contributed by atoms with E-state index in [9.17, 15) is 0 Å². The minimum absolute atomic E-state index is 0.438. The molecule has 1 rings (SSSR count). The molecule has 0 unspecified atom stereocenters. The van der Waals surface area contributed by atoms with Crippen molar-refractivity contribution in [2.75, 3.05) is 32.1 Å². The van der Waals surface area contributed by atoms with Crippen molar-refractivity contribution < 1.29 is 4.74 Å². The second kappa shape index (κ2) is 8.81. The average Bonchev–Trinajstić information content (AvgIpc) is 2.43. The minimum Gasteiger partial charge on any atom is -0.380 e. The number of unbranched alkanes of at least 4 members (excludes halogenated alkanes) is 1. The van der Waals surface area contributed by atoms with Crippen molar-refractivity contribution in [1.29, 1.82) is 0 Å². The molecule has 0 spiro atoms. The zero-order chi connectivity index (χ0) is 13.3. The second-order valence-electron chi connectivity index (χ2n) is 5.01. The summed E-state index contributed by atoms with van der Waals surface area (Å²) in [5.74, 6) is 1.20. The highest BCUT2D eigenvalue weighted by molar-refractivity contribution is 8.13. The molecular formula is C14H28N2OS. The zero-order valence-corrected chi connectivity index (χ0v) is 12.9. The van der Waals surface area contributed by atoms with Gasteiger partial charge in [0.15, 0.2) is 5.17 Å². The van der Waals surface area contributed by atoms with Crippen LogP contribution in [-0.2, 0) is 4.74 Å². The van der Waals surface area contributed by atoms with Crippen molar-refractivity contribution >= 4 is 16.9 Å². The van der Waals surface area contributed by atoms with Crippen molar-refractivity contribution in [3.63, 3.8) is 0 Å². The maximum absolute atomic E-state index is 5.52. The van der Waals surface area contributed by atoms with Crippen LogP contribution in [0.4, 0.5) is 0 Å². The monoisotopic (exact) mass is 272 g/mol. The van der Waals surface area contributed by atoms with Gasteiger partial charge in [0.2, 0.25) is 0 Å². The normalized spacial score (nSPS) is 18.5. The van der Waals surface area contributed by atoms with Gasteiger partial charge in [-0.25, -0.2) is 0 Å². The van der Waals surface area contributed by atoms with Gasteiger partial charge in [0.25, 0.3) is 0 Å². The molecule has 106 valence electrons. The molecule has 1 heterocycles. The first-order chi connectivity index (χ1) is 8.76. The topological polar surface area (TPSA) is 33.6 Å². The number of nitrogens with one attached hydrogen (secondary N) is 1. The van der Waals surface area contributed by atoms with Crippen LogP contribution < -0.4 is 5.32 Å². The fraction of sp³-hybridized carbons (Fsp3) is 0.929. The van der Waals surface area contributed by atoms with Crippen LogP contribution in [0, 0.1) is 5.41 Å². The third kappa shape index (κ3) is 5.19. The standard InChI is InChI=1S/C14H28N2OS/c1-4-7-9-17-10-8-15-13-16-11-14(5-2,6-3)12-18-13/h4-12H2,1-3H3,(H,15,16). The second-order valence-corrected chi connectivity index (χ2v) is 5.97. The largest absolute Gasteiger partial charge is 0.380 e. The Kier molecular flexibility index (Phi) is 7.75. The van der Waals surface area contributed by atoms with E-state index in [-0.39, 0.29) is 0 Å². The van der Waals surface area contributed by atoms with E-state index in [1.807, 2.05) is 11.8 Å². The number of amidine groups is 1. The molecule has 0 aliphatic carbocycles. The van der Waals surface area contributed by atoms with Gasteiger partial charge < -0.3 is 10.1 Å².